The van der Waals surface area contributed by atoms with Gasteiger partial charge in [-0.3, -0.25) is 0 Å². The minimum Gasteiger partial charge on any atom is -0.197 e. The third-order valence-corrected chi connectivity index (χ3v) is 2.34. The van der Waals surface area contributed by atoms with Crippen molar-refractivity contribution in [1.29, 1.82) is 5.26 Å². The zero-order valence-corrected chi connectivity index (χ0v) is 8.17. The number of halogens is 1. The molecule has 1 rings (SSSR count). The maximum Gasteiger partial charge on any atom is 0.0971 e. The molecule has 0 amide bonds. The van der Waals surface area contributed by atoms with Crippen molar-refractivity contribution >= 4 is 11.6 Å². The summed E-state index contributed by atoms with van der Waals surface area (Å²) in [6.45, 7) is 5.47. The lowest BCUT2D eigenvalue weighted by atomic mass is 9.84. The smallest absolute Gasteiger partial charge is 0.0971 e. The van der Waals surface area contributed by atoms with Gasteiger partial charge in [0, 0.05) is 5.02 Å². The molecule has 0 aliphatic heterocycles. The van der Waals surface area contributed by atoms with E-state index >= 15 is 0 Å². The average Bonchev–Trinajstić information content (AvgIpc) is 2.18. The number of allylic oxidation sites excluding steroid dienone is 1. The second-order valence-corrected chi connectivity index (χ2v) is 3.46. The van der Waals surface area contributed by atoms with Crippen LogP contribution in [0.2, 0.25) is 5.02 Å². The summed E-state index contributed by atoms with van der Waals surface area (Å²) in [5.74, 6) is 0. The Morgan fingerprint density at radius 3 is 2.38 bits per heavy atom. The highest BCUT2D eigenvalue weighted by atomic mass is 35.5. The maximum atomic E-state index is 8.95. The highest BCUT2D eigenvalue weighted by molar-refractivity contribution is 6.30. The molecule has 0 N–H and O–H groups in total. The summed E-state index contributed by atoms with van der Waals surface area (Å²) in [5, 5.41) is 9.63. The van der Waals surface area contributed by atoms with Gasteiger partial charge in [0.15, 0.2) is 0 Å². The van der Waals surface area contributed by atoms with Crippen molar-refractivity contribution in [2.45, 2.75) is 12.3 Å². The molecule has 2 heteroatoms. The lowest BCUT2D eigenvalue weighted by Crippen LogP contribution is -2.15. The Kier molecular flexibility index (Phi) is 2.75. The molecule has 66 valence electrons. The van der Waals surface area contributed by atoms with Crippen LogP contribution in [0, 0.1) is 11.3 Å². The van der Waals surface area contributed by atoms with Crippen LogP contribution in [0.25, 0.3) is 0 Å². The molecule has 1 aromatic carbocycles. The van der Waals surface area contributed by atoms with E-state index in [4.69, 9.17) is 16.9 Å². The van der Waals surface area contributed by atoms with E-state index in [1.807, 2.05) is 19.1 Å². The van der Waals surface area contributed by atoms with Crippen molar-refractivity contribution in [3.05, 3.63) is 47.5 Å². The van der Waals surface area contributed by atoms with Crippen LogP contribution in [0.5, 0.6) is 0 Å². The molecule has 0 aliphatic rings. The number of rotatable bonds is 2. The van der Waals surface area contributed by atoms with Crippen LogP contribution >= 0.6 is 11.6 Å². The van der Waals surface area contributed by atoms with E-state index < -0.39 is 5.41 Å². The number of benzene rings is 1. The van der Waals surface area contributed by atoms with Crippen LogP contribution in [-0.2, 0) is 5.41 Å². The third kappa shape index (κ3) is 1.91. The molecule has 1 unspecified atom stereocenters. The Morgan fingerprint density at radius 2 is 2.00 bits per heavy atom. The topological polar surface area (TPSA) is 23.8 Å². The summed E-state index contributed by atoms with van der Waals surface area (Å²) in [7, 11) is 0. The Morgan fingerprint density at radius 1 is 1.46 bits per heavy atom. The first-order chi connectivity index (χ1) is 6.12. The maximum absolute atomic E-state index is 8.95. The summed E-state index contributed by atoms with van der Waals surface area (Å²) in [5.41, 5.74) is 0.291. The van der Waals surface area contributed by atoms with E-state index in [2.05, 4.69) is 12.6 Å². The second kappa shape index (κ2) is 3.64. The molecule has 0 saturated carbocycles. The number of nitriles is 1. The zero-order valence-electron chi connectivity index (χ0n) is 7.42. The second-order valence-electron chi connectivity index (χ2n) is 3.03. The number of hydrogen-bond acceptors (Lipinski definition) is 1. The normalized spacial score (nSPS) is 14.2. The fourth-order valence-corrected chi connectivity index (χ4v) is 1.15. The molecule has 0 spiro atoms. The van der Waals surface area contributed by atoms with Gasteiger partial charge >= 0.3 is 0 Å². The molecule has 1 aromatic rings. The zero-order chi connectivity index (χ0) is 9.90. The van der Waals surface area contributed by atoms with Gasteiger partial charge < -0.3 is 0 Å². The Bertz CT molecular complexity index is 347. The molecular weight excluding hydrogens is 182 g/mol. The fraction of sp³-hybridized carbons (Fsp3) is 0.182. The monoisotopic (exact) mass is 191 g/mol. The molecule has 0 fully saturated rings. The third-order valence-electron chi connectivity index (χ3n) is 2.08. The van der Waals surface area contributed by atoms with Crippen molar-refractivity contribution < 1.29 is 0 Å². The highest BCUT2D eigenvalue weighted by Gasteiger charge is 2.21. The molecule has 13 heavy (non-hydrogen) atoms. The molecule has 1 atom stereocenters. The average molecular weight is 192 g/mol. The minimum absolute atomic E-state index is 0.620. The first kappa shape index (κ1) is 9.83. The molecule has 0 aliphatic carbocycles. The molecular formula is C11H10ClN. The summed E-state index contributed by atoms with van der Waals surface area (Å²) < 4.78 is 0. The number of nitrogens with zero attached hydrogens (tertiary/aromatic N) is 1. The van der Waals surface area contributed by atoms with E-state index in [-0.39, 0.29) is 0 Å². The van der Waals surface area contributed by atoms with Crippen molar-refractivity contribution in [2.75, 3.05) is 0 Å². The van der Waals surface area contributed by atoms with Gasteiger partial charge in [0.1, 0.15) is 0 Å². The van der Waals surface area contributed by atoms with E-state index in [0.717, 1.165) is 5.56 Å². The van der Waals surface area contributed by atoms with Gasteiger partial charge in [-0.15, -0.1) is 6.58 Å². The summed E-state index contributed by atoms with van der Waals surface area (Å²) in [4.78, 5) is 0. The standard InChI is InChI=1S/C11H10ClN/c1-3-11(2,8-13)9-4-6-10(12)7-5-9/h3-7H,1H2,2H3. The number of hydrogen-bond donors (Lipinski definition) is 0. The van der Waals surface area contributed by atoms with Gasteiger partial charge in [0.2, 0.25) is 0 Å². The largest absolute Gasteiger partial charge is 0.197 e. The van der Waals surface area contributed by atoms with Crippen LogP contribution in [-0.4, -0.2) is 0 Å². The van der Waals surface area contributed by atoms with Crippen molar-refractivity contribution in [3.8, 4) is 6.07 Å². The lowest BCUT2D eigenvalue weighted by Gasteiger charge is -2.16. The van der Waals surface area contributed by atoms with E-state index in [1.54, 1.807) is 18.2 Å². The first-order valence-corrected chi connectivity index (χ1v) is 4.31. The molecule has 0 radical (unpaired) electrons. The molecule has 1 nitrogen and oxygen atoms in total. The van der Waals surface area contributed by atoms with Gasteiger partial charge in [0.05, 0.1) is 11.5 Å². The van der Waals surface area contributed by atoms with Crippen LogP contribution < -0.4 is 0 Å². The summed E-state index contributed by atoms with van der Waals surface area (Å²) in [6, 6.07) is 9.43. The SMILES string of the molecule is C=CC(C)(C#N)c1ccc(Cl)cc1. The predicted octanol–water partition coefficient (Wildman–Crippen LogP) is 3.31. The van der Waals surface area contributed by atoms with Crippen molar-refractivity contribution in [2.24, 2.45) is 0 Å². The summed E-state index contributed by atoms with van der Waals surface area (Å²) >= 11 is 5.74. The van der Waals surface area contributed by atoms with Gasteiger partial charge in [-0.1, -0.05) is 29.8 Å². The summed E-state index contributed by atoms with van der Waals surface area (Å²) in [6.07, 6.45) is 1.64. The predicted molar refractivity (Wildman–Crippen MR) is 54.6 cm³/mol. The molecule has 0 heterocycles. The van der Waals surface area contributed by atoms with Crippen LogP contribution in [0.4, 0.5) is 0 Å². The quantitative estimate of drug-likeness (QED) is 0.658. The van der Waals surface area contributed by atoms with Gasteiger partial charge in [-0.25, -0.2) is 0 Å². The van der Waals surface area contributed by atoms with Crippen LogP contribution in [0.1, 0.15) is 12.5 Å². The van der Waals surface area contributed by atoms with Gasteiger partial charge in [-0.2, -0.15) is 5.26 Å². The Hall–Kier alpha value is -1.26. The Balaban J connectivity index is 3.15. The van der Waals surface area contributed by atoms with Crippen molar-refractivity contribution in [3.63, 3.8) is 0 Å². The fourth-order valence-electron chi connectivity index (χ4n) is 1.02. The van der Waals surface area contributed by atoms with E-state index in [0.29, 0.717) is 5.02 Å². The first-order valence-electron chi connectivity index (χ1n) is 3.93. The lowest BCUT2D eigenvalue weighted by molar-refractivity contribution is 0.777. The molecule has 0 saturated heterocycles. The highest BCUT2D eigenvalue weighted by Crippen LogP contribution is 2.25. The van der Waals surface area contributed by atoms with Crippen LogP contribution in [0.15, 0.2) is 36.9 Å². The van der Waals surface area contributed by atoms with Gasteiger partial charge in [0.25, 0.3) is 0 Å². The molecule has 0 aromatic heterocycles. The Labute approximate surface area is 83.3 Å². The van der Waals surface area contributed by atoms with Gasteiger partial charge in [-0.05, 0) is 24.6 Å². The van der Waals surface area contributed by atoms with E-state index in [1.165, 1.54) is 0 Å². The van der Waals surface area contributed by atoms with Crippen LogP contribution in [0.3, 0.4) is 0 Å². The minimum atomic E-state index is -0.620. The van der Waals surface area contributed by atoms with E-state index in [9.17, 15) is 0 Å². The van der Waals surface area contributed by atoms with Crippen molar-refractivity contribution in [1.82, 2.24) is 0 Å². The molecule has 0 bridgehead atoms.